The molecule has 1 aliphatic heterocycles. The predicted octanol–water partition coefficient (Wildman–Crippen LogP) is 1.15. The van der Waals surface area contributed by atoms with Gasteiger partial charge in [-0.25, -0.2) is 0 Å². The molecule has 1 saturated heterocycles. The summed E-state index contributed by atoms with van der Waals surface area (Å²) < 4.78 is 0. The fourth-order valence-electron chi connectivity index (χ4n) is 1.72. The summed E-state index contributed by atoms with van der Waals surface area (Å²) in [6.07, 6.45) is 2.45. The van der Waals surface area contributed by atoms with Gasteiger partial charge < -0.3 is 0 Å². The molecule has 2 atom stereocenters. The third kappa shape index (κ3) is 0.430. The molecule has 0 amide bonds. The predicted molar refractivity (Wildman–Crippen MR) is 33.6 cm³/mol. The molecule has 0 aromatic rings. The fraction of sp³-hybridized carbons (Fsp3) is 1.00. The first-order chi connectivity index (χ1) is 4.29. The third-order valence-corrected chi connectivity index (χ3v) is 2.86. The molecule has 2 unspecified atom stereocenters. The molecule has 3 nitrogen and oxygen atoms in total. The van der Waals surface area contributed by atoms with Crippen LogP contribution in [-0.4, -0.2) is 17.1 Å². The Morgan fingerprint density at radius 3 is 2.67 bits per heavy atom. The van der Waals surface area contributed by atoms with E-state index < -0.39 is 0 Å². The molecule has 3 heteroatoms. The molecule has 0 aromatic heterocycles. The minimum Gasteiger partial charge on any atom is -0.250 e. The molecule has 50 valence electrons. The summed E-state index contributed by atoms with van der Waals surface area (Å²) in [7, 11) is 0. The summed E-state index contributed by atoms with van der Waals surface area (Å²) in [5, 5.41) is 4.58. The van der Waals surface area contributed by atoms with Crippen LogP contribution >= 0.6 is 0 Å². The number of hydrogen-bond donors (Lipinski definition) is 0. The van der Waals surface area contributed by atoms with Crippen molar-refractivity contribution in [2.45, 2.75) is 25.3 Å². The first-order valence-electron chi connectivity index (χ1n) is 3.40. The van der Waals surface area contributed by atoms with Gasteiger partial charge in [0, 0.05) is 0 Å². The minimum absolute atomic E-state index is 0.252. The quantitative estimate of drug-likeness (QED) is 0.390. The van der Waals surface area contributed by atoms with E-state index >= 15 is 0 Å². The summed E-state index contributed by atoms with van der Waals surface area (Å²) in [4.78, 5) is 10.00. The summed E-state index contributed by atoms with van der Waals surface area (Å²) in [5.41, 5.74) is 0.252. The lowest BCUT2D eigenvalue weighted by atomic mass is 9.74. The van der Waals surface area contributed by atoms with Crippen molar-refractivity contribution in [2.24, 2.45) is 11.2 Å². The number of hydrogen-bond acceptors (Lipinski definition) is 2. The van der Waals surface area contributed by atoms with Gasteiger partial charge in [-0.2, -0.15) is 0 Å². The molecule has 0 aromatic carbocycles. The Labute approximate surface area is 54.0 Å². The second kappa shape index (κ2) is 1.28. The van der Waals surface area contributed by atoms with Crippen LogP contribution < -0.4 is 0 Å². The zero-order chi connectivity index (χ0) is 6.48. The molecule has 0 bridgehead atoms. The van der Waals surface area contributed by atoms with E-state index in [2.05, 4.69) is 12.2 Å². The highest BCUT2D eigenvalue weighted by Crippen LogP contribution is 2.53. The topological polar surface area (TPSA) is 32.4 Å². The molecule has 0 N–H and O–H groups in total. The van der Waals surface area contributed by atoms with E-state index in [-0.39, 0.29) is 5.54 Å². The molecular weight excluding hydrogens is 116 g/mol. The van der Waals surface area contributed by atoms with Crippen molar-refractivity contribution in [3.05, 3.63) is 4.91 Å². The van der Waals surface area contributed by atoms with Crippen LogP contribution in [0.5, 0.6) is 0 Å². The highest BCUT2D eigenvalue weighted by Gasteiger charge is 2.62. The molecular formula is C6H10N2O. The summed E-state index contributed by atoms with van der Waals surface area (Å²) in [5.74, 6) is 0.704. The maximum Gasteiger partial charge on any atom is 0.0830 e. The second-order valence-electron chi connectivity index (χ2n) is 3.18. The molecule has 2 rings (SSSR count). The lowest BCUT2D eigenvalue weighted by Crippen LogP contribution is -2.35. The SMILES string of the molecule is CC1CCC12CN2N=O. The van der Waals surface area contributed by atoms with Gasteiger partial charge in [0.15, 0.2) is 0 Å². The molecule has 2 fully saturated rings. The molecule has 2 aliphatic rings. The van der Waals surface area contributed by atoms with E-state index in [1.54, 1.807) is 5.01 Å². The van der Waals surface area contributed by atoms with Crippen LogP contribution in [-0.2, 0) is 0 Å². The van der Waals surface area contributed by atoms with Gasteiger partial charge in [0.05, 0.1) is 17.4 Å². The van der Waals surface area contributed by atoms with Gasteiger partial charge >= 0.3 is 0 Å². The lowest BCUT2D eigenvalue weighted by molar-refractivity contribution is 0.181. The van der Waals surface area contributed by atoms with Crippen molar-refractivity contribution in [3.63, 3.8) is 0 Å². The summed E-state index contributed by atoms with van der Waals surface area (Å²) >= 11 is 0. The van der Waals surface area contributed by atoms with Gasteiger partial charge in [0.2, 0.25) is 0 Å². The van der Waals surface area contributed by atoms with E-state index in [9.17, 15) is 4.91 Å². The van der Waals surface area contributed by atoms with Crippen LogP contribution in [0.1, 0.15) is 19.8 Å². The Hall–Kier alpha value is -0.600. The summed E-state index contributed by atoms with van der Waals surface area (Å²) in [6.45, 7) is 3.10. The van der Waals surface area contributed by atoms with Crippen molar-refractivity contribution in [2.75, 3.05) is 6.54 Å². The maximum atomic E-state index is 10.00. The average molecular weight is 126 g/mol. The van der Waals surface area contributed by atoms with E-state index in [1.807, 2.05) is 0 Å². The average Bonchev–Trinajstić information content (AvgIpc) is 2.61. The molecule has 1 aliphatic carbocycles. The first kappa shape index (κ1) is 5.21. The zero-order valence-electron chi connectivity index (χ0n) is 5.50. The monoisotopic (exact) mass is 126 g/mol. The van der Waals surface area contributed by atoms with Gasteiger partial charge in [-0.05, 0) is 18.8 Å². The molecule has 1 spiro atoms. The molecule has 1 heterocycles. The largest absolute Gasteiger partial charge is 0.250 e. The zero-order valence-corrected chi connectivity index (χ0v) is 5.50. The number of rotatable bonds is 1. The van der Waals surface area contributed by atoms with Crippen LogP contribution in [0, 0.1) is 10.8 Å². The van der Waals surface area contributed by atoms with E-state index in [0.29, 0.717) is 5.92 Å². The standard InChI is InChI=1S/C6H10N2O/c1-5-2-3-6(5)4-8(6)7-9/h5H,2-4H2,1H3. The lowest BCUT2D eigenvalue weighted by Gasteiger charge is -2.32. The minimum atomic E-state index is 0.252. The van der Waals surface area contributed by atoms with E-state index in [4.69, 9.17) is 0 Å². The number of nitroso groups, excluding NO2 is 1. The van der Waals surface area contributed by atoms with E-state index in [1.165, 1.54) is 12.8 Å². The molecule has 9 heavy (non-hydrogen) atoms. The Balaban J connectivity index is 2.06. The Morgan fingerprint density at radius 2 is 2.56 bits per heavy atom. The van der Waals surface area contributed by atoms with Crippen molar-refractivity contribution in [1.82, 2.24) is 5.01 Å². The maximum absolute atomic E-state index is 10.00. The Bertz CT molecular complexity index is 159. The van der Waals surface area contributed by atoms with Gasteiger partial charge in [-0.15, -0.1) is 4.91 Å². The first-order valence-corrected chi connectivity index (χ1v) is 3.40. The van der Waals surface area contributed by atoms with Gasteiger partial charge in [0.1, 0.15) is 0 Å². The van der Waals surface area contributed by atoms with Crippen molar-refractivity contribution in [3.8, 4) is 0 Å². The van der Waals surface area contributed by atoms with Crippen LogP contribution in [0.4, 0.5) is 0 Å². The van der Waals surface area contributed by atoms with Crippen LogP contribution in [0.2, 0.25) is 0 Å². The highest BCUT2D eigenvalue weighted by molar-refractivity contribution is 5.14. The Kier molecular flexibility index (Phi) is 0.739. The van der Waals surface area contributed by atoms with Crippen LogP contribution in [0.25, 0.3) is 0 Å². The van der Waals surface area contributed by atoms with Gasteiger partial charge in [-0.3, -0.25) is 5.01 Å². The molecule has 0 radical (unpaired) electrons. The van der Waals surface area contributed by atoms with E-state index in [0.717, 1.165) is 6.54 Å². The highest BCUT2D eigenvalue weighted by atomic mass is 16.3. The fourth-order valence-corrected chi connectivity index (χ4v) is 1.72. The van der Waals surface area contributed by atoms with Crippen LogP contribution in [0.15, 0.2) is 5.29 Å². The Morgan fingerprint density at radius 1 is 1.78 bits per heavy atom. The van der Waals surface area contributed by atoms with Crippen molar-refractivity contribution in [1.29, 1.82) is 0 Å². The van der Waals surface area contributed by atoms with Crippen molar-refractivity contribution < 1.29 is 0 Å². The second-order valence-corrected chi connectivity index (χ2v) is 3.18. The summed E-state index contributed by atoms with van der Waals surface area (Å²) in [6, 6.07) is 0. The van der Waals surface area contributed by atoms with Crippen molar-refractivity contribution >= 4 is 0 Å². The third-order valence-electron chi connectivity index (χ3n) is 2.86. The van der Waals surface area contributed by atoms with Gasteiger partial charge in [-0.1, -0.05) is 6.92 Å². The molecule has 1 saturated carbocycles. The smallest absolute Gasteiger partial charge is 0.0830 e. The number of nitrogens with zero attached hydrogens (tertiary/aromatic N) is 2. The van der Waals surface area contributed by atoms with Gasteiger partial charge in [0.25, 0.3) is 0 Å². The normalized spacial score (nSPS) is 46.8. The van der Waals surface area contributed by atoms with Crippen LogP contribution in [0.3, 0.4) is 0 Å².